The van der Waals surface area contributed by atoms with Gasteiger partial charge in [0.05, 0.1) is 0 Å². The summed E-state index contributed by atoms with van der Waals surface area (Å²) in [6.45, 7) is 3.40. The van der Waals surface area contributed by atoms with E-state index in [0.717, 1.165) is 11.1 Å². The number of rotatable bonds is 3. The predicted octanol–water partition coefficient (Wildman–Crippen LogP) is 4.78. The number of anilines is 1. The Morgan fingerprint density at radius 2 is 1.58 bits per heavy atom. The molecule has 2 aromatic carbocycles. The Bertz CT molecular complexity index is 600. The zero-order chi connectivity index (χ0) is 13.8. The van der Waals surface area contributed by atoms with E-state index in [4.69, 9.17) is 23.2 Å². The quantitative estimate of drug-likeness (QED) is 0.810. The van der Waals surface area contributed by atoms with Gasteiger partial charge >= 0.3 is 0 Å². The summed E-state index contributed by atoms with van der Waals surface area (Å²) in [5.41, 5.74) is 2.61. The summed E-state index contributed by atoms with van der Waals surface area (Å²) in [6, 6.07) is 12.8. The van der Waals surface area contributed by atoms with Gasteiger partial charge in [-0.15, -0.1) is 0 Å². The fourth-order valence-corrected chi connectivity index (χ4v) is 2.19. The monoisotopic (exact) mass is 291 g/mol. The van der Waals surface area contributed by atoms with E-state index in [2.05, 4.69) is 11.9 Å². The number of nitrogens with one attached hydrogen (secondary N) is 1. The van der Waals surface area contributed by atoms with E-state index in [9.17, 15) is 4.79 Å². The van der Waals surface area contributed by atoms with Crippen LogP contribution in [0.2, 0.25) is 10.0 Å². The van der Waals surface area contributed by atoms with E-state index in [1.807, 2.05) is 36.4 Å². The molecule has 0 aliphatic rings. The number of halogens is 2. The van der Waals surface area contributed by atoms with Gasteiger partial charge < -0.3 is 5.32 Å². The van der Waals surface area contributed by atoms with Crippen LogP contribution >= 0.6 is 23.2 Å². The molecular weight excluding hydrogens is 281 g/mol. The van der Waals surface area contributed by atoms with Gasteiger partial charge in [-0.25, -0.2) is 0 Å². The van der Waals surface area contributed by atoms with Crippen LogP contribution in [0.25, 0.3) is 11.1 Å². The SMILES string of the molecule is C=CC(=O)Nc1ccc(-c2cc(Cl)cc(Cl)c2)cc1. The summed E-state index contributed by atoms with van der Waals surface area (Å²) < 4.78 is 0. The average molecular weight is 292 g/mol. The molecule has 0 spiro atoms. The molecule has 0 aliphatic carbocycles. The smallest absolute Gasteiger partial charge is 0.247 e. The van der Waals surface area contributed by atoms with Crippen molar-refractivity contribution in [2.45, 2.75) is 0 Å². The maximum Gasteiger partial charge on any atom is 0.247 e. The molecule has 0 atom stereocenters. The van der Waals surface area contributed by atoms with E-state index >= 15 is 0 Å². The van der Waals surface area contributed by atoms with Crippen LogP contribution < -0.4 is 5.32 Å². The zero-order valence-electron chi connectivity index (χ0n) is 9.99. The Morgan fingerprint density at radius 1 is 1.00 bits per heavy atom. The van der Waals surface area contributed by atoms with E-state index in [0.29, 0.717) is 15.7 Å². The minimum absolute atomic E-state index is 0.237. The second kappa shape index (κ2) is 5.91. The van der Waals surface area contributed by atoms with Gasteiger partial charge in [-0.3, -0.25) is 4.79 Å². The molecule has 96 valence electrons. The lowest BCUT2D eigenvalue weighted by Gasteiger charge is -2.06. The number of hydrogen-bond donors (Lipinski definition) is 1. The van der Waals surface area contributed by atoms with E-state index in [-0.39, 0.29) is 5.91 Å². The number of hydrogen-bond acceptors (Lipinski definition) is 1. The number of amides is 1. The highest BCUT2D eigenvalue weighted by Gasteiger charge is 2.02. The summed E-state index contributed by atoms with van der Waals surface area (Å²) >= 11 is 11.9. The van der Waals surface area contributed by atoms with E-state index < -0.39 is 0 Å². The fraction of sp³-hybridized carbons (Fsp3) is 0. The molecule has 1 amide bonds. The Hall–Kier alpha value is -1.77. The molecular formula is C15H11Cl2NO. The molecule has 0 bridgehead atoms. The molecule has 0 radical (unpaired) electrons. The normalized spacial score (nSPS) is 10.0. The summed E-state index contributed by atoms with van der Waals surface area (Å²) in [4.78, 5) is 11.2. The standard InChI is InChI=1S/C15H11Cl2NO/c1-2-15(19)18-14-5-3-10(4-6-14)11-7-12(16)9-13(17)8-11/h2-9H,1H2,(H,18,19). The van der Waals surface area contributed by atoms with E-state index in [1.54, 1.807) is 6.07 Å². The highest BCUT2D eigenvalue weighted by atomic mass is 35.5. The third kappa shape index (κ3) is 3.60. The summed E-state index contributed by atoms with van der Waals surface area (Å²) in [7, 11) is 0. The molecule has 0 fully saturated rings. The largest absolute Gasteiger partial charge is 0.323 e. The van der Waals surface area contributed by atoms with Crippen LogP contribution in [0.15, 0.2) is 55.1 Å². The minimum atomic E-state index is -0.237. The molecule has 4 heteroatoms. The molecule has 0 heterocycles. The van der Waals surface area contributed by atoms with Gasteiger partial charge in [0, 0.05) is 15.7 Å². The van der Waals surface area contributed by atoms with Crippen molar-refractivity contribution in [3.8, 4) is 11.1 Å². The van der Waals surface area contributed by atoms with E-state index in [1.165, 1.54) is 6.08 Å². The van der Waals surface area contributed by atoms with Crippen LogP contribution in [0.1, 0.15) is 0 Å². The van der Waals surface area contributed by atoms with Gasteiger partial charge in [0.25, 0.3) is 0 Å². The second-order valence-electron chi connectivity index (χ2n) is 3.93. The molecule has 0 saturated heterocycles. The summed E-state index contributed by atoms with van der Waals surface area (Å²) in [5.74, 6) is -0.237. The molecule has 19 heavy (non-hydrogen) atoms. The molecule has 1 N–H and O–H groups in total. The maximum atomic E-state index is 11.2. The van der Waals surface area contributed by atoms with Crippen molar-refractivity contribution >= 4 is 34.8 Å². The first-order valence-corrected chi connectivity index (χ1v) is 6.34. The molecule has 0 aliphatic heterocycles. The number of carbonyl (C=O) groups is 1. The van der Waals surface area contributed by atoms with Crippen LogP contribution in [-0.4, -0.2) is 5.91 Å². The second-order valence-corrected chi connectivity index (χ2v) is 4.80. The number of benzene rings is 2. The number of carbonyl (C=O) groups excluding carboxylic acids is 1. The van der Waals surface area contributed by atoms with Crippen molar-refractivity contribution < 1.29 is 4.79 Å². The topological polar surface area (TPSA) is 29.1 Å². The average Bonchev–Trinajstić information content (AvgIpc) is 2.38. The van der Waals surface area contributed by atoms with Crippen LogP contribution in [0.5, 0.6) is 0 Å². The Morgan fingerprint density at radius 3 is 2.11 bits per heavy atom. The van der Waals surface area contributed by atoms with Crippen LogP contribution in [0.4, 0.5) is 5.69 Å². The van der Waals surface area contributed by atoms with Gasteiger partial charge in [-0.05, 0) is 47.5 Å². The summed E-state index contributed by atoms with van der Waals surface area (Å²) in [5, 5.41) is 3.86. The minimum Gasteiger partial charge on any atom is -0.323 e. The lowest BCUT2D eigenvalue weighted by atomic mass is 10.1. The van der Waals surface area contributed by atoms with Crippen molar-refractivity contribution in [2.24, 2.45) is 0 Å². The first-order valence-electron chi connectivity index (χ1n) is 5.58. The van der Waals surface area contributed by atoms with Crippen molar-refractivity contribution in [3.05, 3.63) is 65.2 Å². The van der Waals surface area contributed by atoms with Gasteiger partial charge in [0.15, 0.2) is 0 Å². The molecule has 2 rings (SSSR count). The van der Waals surface area contributed by atoms with Crippen molar-refractivity contribution in [3.63, 3.8) is 0 Å². The van der Waals surface area contributed by atoms with Crippen molar-refractivity contribution in [2.75, 3.05) is 5.32 Å². The zero-order valence-corrected chi connectivity index (χ0v) is 11.5. The highest BCUT2D eigenvalue weighted by molar-refractivity contribution is 6.35. The van der Waals surface area contributed by atoms with Gasteiger partial charge in [0.1, 0.15) is 0 Å². The third-order valence-electron chi connectivity index (χ3n) is 2.53. The Labute approximate surface area is 121 Å². The summed E-state index contributed by atoms with van der Waals surface area (Å²) in [6.07, 6.45) is 1.23. The lowest BCUT2D eigenvalue weighted by molar-refractivity contribution is -0.111. The molecule has 0 unspecified atom stereocenters. The Kier molecular flexibility index (Phi) is 4.25. The molecule has 2 aromatic rings. The Balaban J connectivity index is 2.27. The first-order chi connectivity index (χ1) is 9.08. The third-order valence-corrected chi connectivity index (χ3v) is 2.97. The van der Waals surface area contributed by atoms with Crippen molar-refractivity contribution in [1.82, 2.24) is 0 Å². The van der Waals surface area contributed by atoms with Crippen LogP contribution in [0.3, 0.4) is 0 Å². The van der Waals surface area contributed by atoms with Crippen LogP contribution in [0, 0.1) is 0 Å². The van der Waals surface area contributed by atoms with Gasteiger partial charge in [0.2, 0.25) is 5.91 Å². The first kappa shape index (κ1) is 13.7. The molecule has 2 nitrogen and oxygen atoms in total. The van der Waals surface area contributed by atoms with Crippen molar-refractivity contribution in [1.29, 1.82) is 0 Å². The molecule has 0 saturated carbocycles. The molecule has 0 aromatic heterocycles. The highest BCUT2D eigenvalue weighted by Crippen LogP contribution is 2.28. The van der Waals surface area contributed by atoms with Gasteiger partial charge in [-0.2, -0.15) is 0 Å². The van der Waals surface area contributed by atoms with Crippen LogP contribution in [-0.2, 0) is 4.79 Å². The fourth-order valence-electron chi connectivity index (χ4n) is 1.66. The predicted molar refractivity (Wildman–Crippen MR) is 80.7 cm³/mol. The maximum absolute atomic E-state index is 11.2. The lowest BCUT2D eigenvalue weighted by Crippen LogP contribution is -2.06. The van der Waals surface area contributed by atoms with Gasteiger partial charge in [-0.1, -0.05) is 41.9 Å².